The van der Waals surface area contributed by atoms with Crippen LogP contribution in [0.5, 0.6) is 5.75 Å². The van der Waals surface area contributed by atoms with Gasteiger partial charge in [0.2, 0.25) is 0 Å². The number of nitrogens with one attached hydrogen (secondary N) is 1. The van der Waals surface area contributed by atoms with Gasteiger partial charge in [-0.05, 0) is 61.7 Å². The Balaban J connectivity index is 1.71. The first-order valence-electron chi connectivity index (χ1n) is 10.9. The molecule has 0 unspecified atom stereocenters. The number of carbonyl (C=O) groups is 1. The lowest BCUT2D eigenvalue weighted by Gasteiger charge is -2.10. The van der Waals surface area contributed by atoms with Crippen molar-refractivity contribution in [1.82, 2.24) is 15.1 Å². The number of nitrogens with zero attached hydrogens (tertiary/aromatic N) is 3. The molecule has 1 saturated heterocycles. The summed E-state index contributed by atoms with van der Waals surface area (Å²) < 4.78 is 12.6. The van der Waals surface area contributed by atoms with Crippen molar-refractivity contribution in [2.75, 3.05) is 20.3 Å². The first kappa shape index (κ1) is 22.3. The maximum atomic E-state index is 12.7. The molecule has 7 heteroatoms. The van der Waals surface area contributed by atoms with Crippen LogP contribution in [0.2, 0.25) is 0 Å². The molecule has 33 heavy (non-hydrogen) atoms. The van der Waals surface area contributed by atoms with E-state index < -0.39 is 5.91 Å². The number of aryl methyl sites for hydroxylation is 1. The van der Waals surface area contributed by atoms with Crippen LogP contribution in [0.15, 0.2) is 60.3 Å². The molecule has 3 aromatic rings. The molecular weight excluding hydrogens is 416 g/mol. The number of carbonyl (C=O) groups excluding carboxylic acids is 1. The van der Waals surface area contributed by atoms with E-state index in [0.29, 0.717) is 24.4 Å². The highest BCUT2D eigenvalue weighted by Crippen LogP contribution is 2.30. The molecule has 0 radical (unpaired) electrons. The van der Waals surface area contributed by atoms with E-state index in [0.717, 1.165) is 35.4 Å². The summed E-state index contributed by atoms with van der Waals surface area (Å²) in [5.74, 6) is 0.333. The molecule has 0 spiro atoms. The van der Waals surface area contributed by atoms with Crippen LogP contribution in [0.3, 0.4) is 0 Å². The predicted molar refractivity (Wildman–Crippen MR) is 126 cm³/mol. The van der Waals surface area contributed by atoms with Crippen LogP contribution < -0.4 is 10.1 Å². The van der Waals surface area contributed by atoms with E-state index in [1.54, 1.807) is 17.9 Å². The van der Waals surface area contributed by atoms with Crippen LogP contribution >= 0.6 is 0 Å². The molecule has 0 saturated carbocycles. The number of methoxy groups -OCH3 is 1. The van der Waals surface area contributed by atoms with Crippen molar-refractivity contribution in [1.29, 1.82) is 5.26 Å². The number of aromatic nitrogens is 2. The third-order valence-electron chi connectivity index (χ3n) is 5.63. The van der Waals surface area contributed by atoms with Crippen molar-refractivity contribution in [2.24, 2.45) is 0 Å². The minimum Gasteiger partial charge on any atom is -0.497 e. The van der Waals surface area contributed by atoms with Crippen molar-refractivity contribution in [3.8, 4) is 28.8 Å². The van der Waals surface area contributed by atoms with Gasteiger partial charge in [0.1, 0.15) is 23.1 Å². The minimum absolute atomic E-state index is 0.00670. The van der Waals surface area contributed by atoms with Crippen molar-refractivity contribution in [3.05, 3.63) is 71.4 Å². The van der Waals surface area contributed by atoms with Gasteiger partial charge >= 0.3 is 0 Å². The zero-order valence-corrected chi connectivity index (χ0v) is 18.7. The van der Waals surface area contributed by atoms with Crippen LogP contribution in [-0.4, -0.2) is 42.1 Å². The first-order chi connectivity index (χ1) is 16.1. The van der Waals surface area contributed by atoms with Gasteiger partial charge in [-0.3, -0.25) is 4.79 Å². The van der Waals surface area contributed by atoms with Gasteiger partial charge < -0.3 is 14.8 Å². The molecule has 4 rings (SSSR count). The molecule has 1 aliphatic heterocycles. The Morgan fingerprint density at radius 2 is 2.15 bits per heavy atom. The van der Waals surface area contributed by atoms with Gasteiger partial charge in [-0.15, -0.1) is 0 Å². The number of benzene rings is 2. The lowest BCUT2D eigenvalue weighted by Crippen LogP contribution is -2.32. The number of ether oxygens (including phenoxy) is 2. The summed E-state index contributed by atoms with van der Waals surface area (Å²) in [5, 5.41) is 17.3. The summed E-state index contributed by atoms with van der Waals surface area (Å²) in [4.78, 5) is 12.7. The van der Waals surface area contributed by atoms with Gasteiger partial charge in [-0.2, -0.15) is 10.4 Å². The molecule has 1 atom stereocenters. The quantitative estimate of drug-likeness (QED) is 0.440. The molecule has 0 aliphatic carbocycles. The fraction of sp³-hybridized carbons (Fsp3) is 0.269. The van der Waals surface area contributed by atoms with E-state index in [9.17, 15) is 10.1 Å². The van der Waals surface area contributed by atoms with E-state index >= 15 is 0 Å². The van der Waals surface area contributed by atoms with Crippen LogP contribution in [0.25, 0.3) is 23.0 Å². The fourth-order valence-electron chi connectivity index (χ4n) is 3.86. The highest BCUT2D eigenvalue weighted by molar-refractivity contribution is 6.02. The molecule has 1 N–H and O–H groups in total. The molecule has 168 valence electrons. The number of para-hydroxylation sites is 1. The molecule has 2 heterocycles. The third-order valence-corrected chi connectivity index (χ3v) is 5.63. The summed E-state index contributed by atoms with van der Waals surface area (Å²) in [7, 11) is 1.63. The third kappa shape index (κ3) is 5.13. The molecule has 7 nitrogen and oxygen atoms in total. The maximum absolute atomic E-state index is 12.7. The summed E-state index contributed by atoms with van der Waals surface area (Å²) in [6.45, 7) is 3.09. The lowest BCUT2D eigenvalue weighted by atomic mass is 10.0. The van der Waals surface area contributed by atoms with Gasteiger partial charge in [0.15, 0.2) is 0 Å². The van der Waals surface area contributed by atoms with Crippen molar-refractivity contribution >= 4 is 12.0 Å². The SMILES string of the molecule is COc1ccc(-c2nn(-c3ccccc3)cc2/C=C(\C#N)C(=O)NC[C@H]2CCCO2)c(C)c1. The van der Waals surface area contributed by atoms with Crippen molar-refractivity contribution in [2.45, 2.75) is 25.9 Å². The summed E-state index contributed by atoms with van der Waals surface area (Å²) in [6.07, 6.45) is 5.34. The smallest absolute Gasteiger partial charge is 0.262 e. The molecule has 0 bridgehead atoms. The van der Waals surface area contributed by atoms with Crippen LogP contribution in [-0.2, 0) is 9.53 Å². The van der Waals surface area contributed by atoms with E-state index in [2.05, 4.69) is 5.32 Å². The molecule has 2 aromatic carbocycles. The van der Waals surface area contributed by atoms with Crippen molar-refractivity contribution in [3.63, 3.8) is 0 Å². The Bertz CT molecular complexity index is 1200. The monoisotopic (exact) mass is 442 g/mol. The van der Waals surface area contributed by atoms with Crippen molar-refractivity contribution < 1.29 is 14.3 Å². The summed E-state index contributed by atoms with van der Waals surface area (Å²) in [5.41, 5.74) is 4.13. The topological polar surface area (TPSA) is 89.2 Å². The Morgan fingerprint density at radius 1 is 1.33 bits per heavy atom. The van der Waals surface area contributed by atoms with Crippen LogP contribution in [0.4, 0.5) is 0 Å². The standard InChI is InChI=1S/C26H26N4O3/c1-18-13-22(32-2)10-11-24(18)25-20(17-30(29-25)21-7-4-3-5-8-21)14-19(15-27)26(31)28-16-23-9-6-12-33-23/h3-5,7-8,10-11,13-14,17,23H,6,9,12,16H2,1-2H3,(H,28,31)/b19-14+/t23-/m1/s1. The molecular formula is C26H26N4O3. The van der Waals surface area contributed by atoms with Crippen LogP contribution in [0, 0.1) is 18.3 Å². The van der Waals surface area contributed by atoms with Gasteiger partial charge in [-0.1, -0.05) is 18.2 Å². The highest BCUT2D eigenvalue weighted by atomic mass is 16.5. The van der Waals surface area contributed by atoms with Gasteiger partial charge in [0.05, 0.1) is 18.9 Å². The van der Waals surface area contributed by atoms with E-state index in [-0.39, 0.29) is 11.7 Å². The number of amides is 1. The molecule has 1 aliphatic rings. The Kier molecular flexibility index (Phi) is 6.86. The normalized spacial score (nSPS) is 15.8. The Labute approximate surface area is 193 Å². The molecule has 1 aromatic heterocycles. The molecule has 1 amide bonds. The summed E-state index contributed by atoms with van der Waals surface area (Å²) in [6, 6.07) is 17.5. The second-order valence-electron chi connectivity index (χ2n) is 7.91. The Morgan fingerprint density at radius 3 is 2.82 bits per heavy atom. The fourth-order valence-corrected chi connectivity index (χ4v) is 3.86. The van der Waals surface area contributed by atoms with E-state index in [1.807, 2.05) is 67.7 Å². The van der Waals surface area contributed by atoms with E-state index in [1.165, 1.54) is 0 Å². The highest BCUT2D eigenvalue weighted by Gasteiger charge is 2.19. The average Bonchev–Trinajstić information content (AvgIpc) is 3.51. The second kappa shape index (κ2) is 10.2. The molecule has 1 fully saturated rings. The number of rotatable bonds is 7. The second-order valence-corrected chi connectivity index (χ2v) is 7.91. The number of nitriles is 1. The largest absolute Gasteiger partial charge is 0.497 e. The zero-order chi connectivity index (χ0) is 23.2. The van der Waals surface area contributed by atoms with Gasteiger partial charge in [0.25, 0.3) is 5.91 Å². The zero-order valence-electron chi connectivity index (χ0n) is 18.7. The van der Waals surface area contributed by atoms with E-state index in [4.69, 9.17) is 14.6 Å². The lowest BCUT2D eigenvalue weighted by molar-refractivity contribution is -0.117. The summed E-state index contributed by atoms with van der Waals surface area (Å²) >= 11 is 0. The number of hydrogen-bond donors (Lipinski definition) is 1. The van der Waals surface area contributed by atoms with Gasteiger partial charge in [-0.25, -0.2) is 4.68 Å². The predicted octanol–water partition coefficient (Wildman–Crippen LogP) is 4.06. The Hall–Kier alpha value is -3.89. The maximum Gasteiger partial charge on any atom is 0.262 e. The number of hydrogen-bond acceptors (Lipinski definition) is 5. The minimum atomic E-state index is -0.419. The van der Waals surface area contributed by atoms with Crippen LogP contribution in [0.1, 0.15) is 24.0 Å². The first-order valence-corrected chi connectivity index (χ1v) is 10.9. The van der Waals surface area contributed by atoms with Gasteiger partial charge in [0, 0.05) is 30.5 Å². The average molecular weight is 443 g/mol.